The van der Waals surface area contributed by atoms with Crippen LogP contribution in [0.4, 0.5) is 13.2 Å². The van der Waals surface area contributed by atoms with E-state index in [0.29, 0.717) is 31.8 Å². The van der Waals surface area contributed by atoms with Crippen LogP contribution in [-0.4, -0.2) is 39.3 Å². The number of aliphatic hydroxyl groups excluding tert-OH is 1. The highest BCUT2D eigenvalue weighted by atomic mass is 19.4. The van der Waals surface area contributed by atoms with Crippen LogP contribution in [0.3, 0.4) is 0 Å². The minimum Gasteiger partial charge on any atom is -0.393 e. The molecule has 0 saturated carbocycles. The number of aromatic nitrogens is 2. The highest BCUT2D eigenvalue weighted by Crippen LogP contribution is 2.32. The molecule has 1 fully saturated rings. The zero-order chi connectivity index (χ0) is 17.3. The second-order valence-electron chi connectivity index (χ2n) is 5.98. The lowest BCUT2D eigenvalue weighted by atomic mass is 10.1. The number of alkyl halides is 3. The molecular weight excluding hydrogens is 323 g/mol. The number of likely N-dealkylation sites (tertiary alicyclic amines) is 1. The van der Waals surface area contributed by atoms with Crippen molar-refractivity contribution in [1.29, 1.82) is 0 Å². The molecule has 3 rings (SSSR count). The Morgan fingerprint density at radius 2 is 2.00 bits per heavy atom. The summed E-state index contributed by atoms with van der Waals surface area (Å²) in [5.74, 6) is 0.499. The number of benzene rings is 1. The van der Waals surface area contributed by atoms with Crippen LogP contribution in [0.1, 0.15) is 37.3 Å². The van der Waals surface area contributed by atoms with E-state index in [2.05, 4.69) is 15.0 Å². The SMILES string of the molecule is CC(c1nc(-c2cccc(C(F)(F)F)c2)no1)N1CCC(O)CC1. The van der Waals surface area contributed by atoms with Crippen molar-refractivity contribution in [3.8, 4) is 11.4 Å². The van der Waals surface area contributed by atoms with Crippen LogP contribution >= 0.6 is 0 Å². The van der Waals surface area contributed by atoms with Crippen molar-refractivity contribution >= 4 is 0 Å². The molecule has 0 aliphatic carbocycles. The van der Waals surface area contributed by atoms with Crippen LogP contribution in [0.25, 0.3) is 11.4 Å². The molecule has 8 heteroatoms. The summed E-state index contributed by atoms with van der Waals surface area (Å²) < 4.78 is 43.6. The minimum atomic E-state index is -4.41. The smallest absolute Gasteiger partial charge is 0.393 e. The van der Waals surface area contributed by atoms with Crippen molar-refractivity contribution in [2.45, 2.75) is 38.1 Å². The highest BCUT2D eigenvalue weighted by Gasteiger charge is 2.31. The summed E-state index contributed by atoms with van der Waals surface area (Å²) in [6.07, 6.45) is -3.33. The van der Waals surface area contributed by atoms with Crippen LogP contribution in [0.2, 0.25) is 0 Å². The second kappa shape index (κ2) is 6.52. The zero-order valence-electron chi connectivity index (χ0n) is 13.1. The fourth-order valence-electron chi connectivity index (χ4n) is 2.79. The molecule has 1 saturated heterocycles. The predicted octanol–water partition coefficient (Wildman–Crippen LogP) is 3.27. The van der Waals surface area contributed by atoms with Gasteiger partial charge in [-0.3, -0.25) is 4.90 Å². The number of piperidine rings is 1. The van der Waals surface area contributed by atoms with Gasteiger partial charge in [0.1, 0.15) is 0 Å². The number of aliphatic hydroxyl groups is 1. The minimum absolute atomic E-state index is 0.139. The third-order valence-corrected chi connectivity index (χ3v) is 4.29. The molecule has 2 heterocycles. The molecule has 24 heavy (non-hydrogen) atoms. The molecule has 1 aliphatic rings. The Kier molecular flexibility index (Phi) is 4.60. The normalized spacial score (nSPS) is 18.7. The van der Waals surface area contributed by atoms with Gasteiger partial charge in [-0.05, 0) is 31.9 Å². The van der Waals surface area contributed by atoms with Gasteiger partial charge in [0.25, 0.3) is 0 Å². The Hall–Kier alpha value is -1.93. The van der Waals surface area contributed by atoms with Gasteiger partial charge in [-0.1, -0.05) is 17.3 Å². The quantitative estimate of drug-likeness (QED) is 0.928. The number of hydrogen-bond acceptors (Lipinski definition) is 5. The largest absolute Gasteiger partial charge is 0.416 e. The van der Waals surface area contributed by atoms with Crippen molar-refractivity contribution in [1.82, 2.24) is 15.0 Å². The molecule has 1 aliphatic heterocycles. The fourth-order valence-corrected chi connectivity index (χ4v) is 2.79. The summed E-state index contributed by atoms with van der Waals surface area (Å²) in [4.78, 5) is 6.36. The Bertz CT molecular complexity index is 694. The van der Waals surface area contributed by atoms with Crippen LogP contribution in [0.15, 0.2) is 28.8 Å². The number of halogens is 3. The van der Waals surface area contributed by atoms with Crippen molar-refractivity contribution in [3.63, 3.8) is 0 Å². The van der Waals surface area contributed by atoms with E-state index in [1.807, 2.05) is 6.92 Å². The number of nitrogens with zero attached hydrogens (tertiary/aromatic N) is 3. The third kappa shape index (κ3) is 3.59. The van der Waals surface area contributed by atoms with Crippen LogP contribution in [0.5, 0.6) is 0 Å². The topological polar surface area (TPSA) is 62.4 Å². The van der Waals surface area contributed by atoms with Gasteiger partial charge in [0.2, 0.25) is 11.7 Å². The first-order chi connectivity index (χ1) is 11.3. The van der Waals surface area contributed by atoms with Gasteiger partial charge in [-0.15, -0.1) is 0 Å². The standard InChI is InChI=1S/C16H18F3N3O2/c1-10(22-7-5-13(23)6-8-22)15-20-14(21-24-15)11-3-2-4-12(9-11)16(17,18)19/h2-4,9-10,13,23H,5-8H2,1H3. The lowest BCUT2D eigenvalue weighted by Gasteiger charge is -2.32. The summed E-state index contributed by atoms with van der Waals surface area (Å²) in [6, 6.07) is 4.71. The summed E-state index contributed by atoms with van der Waals surface area (Å²) in [7, 11) is 0. The summed E-state index contributed by atoms with van der Waals surface area (Å²) >= 11 is 0. The molecule has 1 aromatic heterocycles. The first-order valence-corrected chi connectivity index (χ1v) is 7.78. The van der Waals surface area contributed by atoms with E-state index in [-0.39, 0.29) is 23.5 Å². The van der Waals surface area contributed by atoms with E-state index in [9.17, 15) is 18.3 Å². The van der Waals surface area contributed by atoms with E-state index in [1.165, 1.54) is 12.1 Å². The fraction of sp³-hybridized carbons (Fsp3) is 0.500. The average molecular weight is 341 g/mol. The average Bonchev–Trinajstić information content (AvgIpc) is 3.04. The summed E-state index contributed by atoms with van der Waals surface area (Å²) in [5, 5.41) is 13.4. The van der Waals surface area contributed by atoms with E-state index >= 15 is 0 Å². The van der Waals surface area contributed by atoms with E-state index in [4.69, 9.17) is 4.52 Å². The summed E-state index contributed by atoms with van der Waals surface area (Å²) in [5.41, 5.74) is -0.481. The van der Waals surface area contributed by atoms with Gasteiger partial charge in [0, 0.05) is 18.7 Å². The third-order valence-electron chi connectivity index (χ3n) is 4.29. The van der Waals surface area contributed by atoms with Gasteiger partial charge >= 0.3 is 6.18 Å². The van der Waals surface area contributed by atoms with Crippen molar-refractivity contribution in [2.24, 2.45) is 0 Å². The van der Waals surface area contributed by atoms with E-state index < -0.39 is 11.7 Å². The second-order valence-corrected chi connectivity index (χ2v) is 5.98. The maximum atomic E-state index is 12.8. The van der Waals surface area contributed by atoms with E-state index in [0.717, 1.165) is 12.1 Å². The lowest BCUT2D eigenvalue weighted by Crippen LogP contribution is -2.37. The molecule has 1 aromatic carbocycles. The molecule has 1 N–H and O–H groups in total. The Balaban J connectivity index is 1.78. The molecule has 1 atom stereocenters. The van der Waals surface area contributed by atoms with Gasteiger partial charge < -0.3 is 9.63 Å². The van der Waals surface area contributed by atoms with Crippen LogP contribution in [0, 0.1) is 0 Å². The van der Waals surface area contributed by atoms with Crippen molar-refractivity contribution in [3.05, 3.63) is 35.7 Å². The van der Waals surface area contributed by atoms with Gasteiger partial charge in [-0.25, -0.2) is 0 Å². The molecule has 130 valence electrons. The molecule has 0 spiro atoms. The maximum absolute atomic E-state index is 12.8. The molecule has 0 bridgehead atoms. The van der Waals surface area contributed by atoms with Crippen molar-refractivity contribution in [2.75, 3.05) is 13.1 Å². The molecule has 0 radical (unpaired) electrons. The Labute approximate surface area is 137 Å². The first kappa shape index (κ1) is 16.9. The molecule has 0 amide bonds. The Morgan fingerprint density at radius 1 is 1.29 bits per heavy atom. The number of rotatable bonds is 3. The maximum Gasteiger partial charge on any atom is 0.416 e. The predicted molar refractivity (Wildman–Crippen MR) is 80.0 cm³/mol. The molecular formula is C16H18F3N3O2. The van der Waals surface area contributed by atoms with Crippen LogP contribution < -0.4 is 0 Å². The molecule has 2 aromatic rings. The zero-order valence-corrected chi connectivity index (χ0v) is 13.1. The molecule has 1 unspecified atom stereocenters. The van der Waals surface area contributed by atoms with Gasteiger partial charge in [0.15, 0.2) is 0 Å². The Morgan fingerprint density at radius 3 is 2.67 bits per heavy atom. The lowest BCUT2D eigenvalue weighted by molar-refractivity contribution is -0.137. The highest BCUT2D eigenvalue weighted by molar-refractivity contribution is 5.55. The summed E-state index contributed by atoms with van der Waals surface area (Å²) in [6.45, 7) is 3.33. The van der Waals surface area contributed by atoms with Gasteiger partial charge in [0.05, 0.1) is 17.7 Å². The number of hydrogen-bond donors (Lipinski definition) is 1. The van der Waals surface area contributed by atoms with Gasteiger partial charge in [-0.2, -0.15) is 18.2 Å². The van der Waals surface area contributed by atoms with E-state index in [1.54, 1.807) is 0 Å². The van der Waals surface area contributed by atoms with Crippen molar-refractivity contribution < 1.29 is 22.8 Å². The first-order valence-electron chi connectivity index (χ1n) is 7.78. The molecule has 5 nitrogen and oxygen atoms in total. The monoisotopic (exact) mass is 341 g/mol. The van der Waals surface area contributed by atoms with Crippen LogP contribution in [-0.2, 0) is 6.18 Å².